The molecule has 1 atom stereocenters. The van der Waals surface area contributed by atoms with Gasteiger partial charge in [0, 0.05) is 13.0 Å². The molecular weight excluding hydrogens is 200 g/mol. The summed E-state index contributed by atoms with van der Waals surface area (Å²) in [6, 6.07) is 0. The van der Waals surface area contributed by atoms with Crippen molar-refractivity contribution in [1.82, 2.24) is 20.8 Å². The van der Waals surface area contributed by atoms with Gasteiger partial charge >= 0.3 is 0 Å². The van der Waals surface area contributed by atoms with E-state index in [1.165, 1.54) is 6.39 Å². The topological polar surface area (TPSA) is 97.1 Å². The first-order chi connectivity index (χ1) is 7.25. The lowest BCUT2D eigenvalue weighted by Crippen LogP contribution is -2.31. The molecule has 1 aliphatic heterocycles. The van der Waals surface area contributed by atoms with Gasteiger partial charge in [0.1, 0.15) is 0 Å². The van der Waals surface area contributed by atoms with Crippen molar-refractivity contribution < 1.29 is 14.1 Å². The maximum Gasteiger partial charge on any atom is 0.225 e. The Kier molecular flexibility index (Phi) is 2.61. The SMILES string of the molecule is O=C1CC(C(=O)NCc2ncon2)CN1. The first kappa shape index (κ1) is 9.63. The molecule has 2 N–H and O–H groups in total. The van der Waals surface area contributed by atoms with E-state index in [4.69, 9.17) is 0 Å². The minimum Gasteiger partial charge on any atom is -0.355 e. The van der Waals surface area contributed by atoms with Crippen LogP contribution in [-0.4, -0.2) is 28.5 Å². The van der Waals surface area contributed by atoms with Gasteiger partial charge in [-0.25, -0.2) is 0 Å². The largest absolute Gasteiger partial charge is 0.355 e. The monoisotopic (exact) mass is 210 g/mol. The summed E-state index contributed by atoms with van der Waals surface area (Å²) in [6.45, 7) is 0.622. The molecule has 0 aliphatic carbocycles. The van der Waals surface area contributed by atoms with E-state index in [9.17, 15) is 9.59 Å². The molecule has 80 valence electrons. The Morgan fingerprint density at radius 3 is 3.20 bits per heavy atom. The van der Waals surface area contributed by atoms with Gasteiger partial charge < -0.3 is 15.2 Å². The highest BCUT2D eigenvalue weighted by molar-refractivity contribution is 5.89. The van der Waals surface area contributed by atoms with Crippen molar-refractivity contribution >= 4 is 11.8 Å². The highest BCUT2D eigenvalue weighted by Crippen LogP contribution is 2.08. The van der Waals surface area contributed by atoms with E-state index in [2.05, 4.69) is 25.3 Å². The number of nitrogens with one attached hydrogen (secondary N) is 2. The van der Waals surface area contributed by atoms with E-state index < -0.39 is 0 Å². The smallest absolute Gasteiger partial charge is 0.225 e. The number of hydrogen-bond donors (Lipinski definition) is 2. The first-order valence-corrected chi connectivity index (χ1v) is 4.55. The molecule has 1 aliphatic rings. The van der Waals surface area contributed by atoms with Gasteiger partial charge in [-0.05, 0) is 0 Å². The molecule has 2 rings (SSSR count). The molecule has 1 unspecified atom stereocenters. The minimum atomic E-state index is -0.288. The van der Waals surface area contributed by atoms with Gasteiger partial charge in [0.05, 0.1) is 12.5 Å². The van der Waals surface area contributed by atoms with Crippen LogP contribution in [0.25, 0.3) is 0 Å². The molecule has 0 bridgehead atoms. The summed E-state index contributed by atoms with van der Waals surface area (Å²) in [5.41, 5.74) is 0. The van der Waals surface area contributed by atoms with Gasteiger partial charge in [0.2, 0.25) is 18.2 Å². The maximum atomic E-state index is 11.5. The maximum absolute atomic E-state index is 11.5. The number of hydrogen-bond acceptors (Lipinski definition) is 5. The van der Waals surface area contributed by atoms with Crippen LogP contribution in [0.2, 0.25) is 0 Å². The van der Waals surface area contributed by atoms with Crippen LogP contribution in [0.1, 0.15) is 12.2 Å². The third-order valence-corrected chi connectivity index (χ3v) is 2.18. The van der Waals surface area contributed by atoms with Crippen LogP contribution in [-0.2, 0) is 16.1 Å². The van der Waals surface area contributed by atoms with Gasteiger partial charge in [-0.2, -0.15) is 4.98 Å². The second-order valence-corrected chi connectivity index (χ2v) is 3.27. The third-order valence-electron chi connectivity index (χ3n) is 2.18. The number of aromatic nitrogens is 2. The van der Waals surface area contributed by atoms with E-state index in [-0.39, 0.29) is 30.7 Å². The van der Waals surface area contributed by atoms with Crippen molar-refractivity contribution in [2.75, 3.05) is 6.54 Å². The fourth-order valence-electron chi connectivity index (χ4n) is 1.37. The van der Waals surface area contributed by atoms with Crippen LogP contribution < -0.4 is 10.6 Å². The standard InChI is InChI=1S/C8H10N4O3/c13-7-1-5(2-9-7)8(14)10-3-6-11-4-15-12-6/h4-5H,1-3H2,(H,9,13)(H,10,14). The highest BCUT2D eigenvalue weighted by Gasteiger charge is 2.27. The summed E-state index contributed by atoms with van der Waals surface area (Å²) in [4.78, 5) is 26.1. The molecule has 2 heterocycles. The zero-order valence-electron chi connectivity index (χ0n) is 7.90. The van der Waals surface area contributed by atoms with Crippen molar-refractivity contribution in [1.29, 1.82) is 0 Å². The zero-order chi connectivity index (χ0) is 10.7. The van der Waals surface area contributed by atoms with Crippen molar-refractivity contribution in [2.24, 2.45) is 5.92 Å². The molecule has 7 heteroatoms. The van der Waals surface area contributed by atoms with E-state index >= 15 is 0 Å². The molecule has 0 spiro atoms. The third kappa shape index (κ3) is 2.30. The van der Waals surface area contributed by atoms with Gasteiger partial charge in [-0.1, -0.05) is 5.16 Å². The lowest BCUT2D eigenvalue weighted by atomic mass is 10.1. The molecule has 0 radical (unpaired) electrons. The fraction of sp³-hybridized carbons (Fsp3) is 0.500. The van der Waals surface area contributed by atoms with Crippen LogP contribution in [0, 0.1) is 5.92 Å². The van der Waals surface area contributed by atoms with Crippen molar-refractivity contribution in [2.45, 2.75) is 13.0 Å². The van der Waals surface area contributed by atoms with Gasteiger partial charge in [0.25, 0.3) is 0 Å². The Morgan fingerprint density at radius 2 is 2.60 bits per heavy atom. The highest BCUT2D eigenvalue weighted by atomic mass is 16.5. The van der Waals surface area contributed by atoms with Crippen LogP contribution in [0.3, 0.4) is 0 Å². The van der Waals surface area contributed by atoms with Crippen LogP contribution in [0.5, 0.6) is 0 Å². The Morgan fingerprint density at radius 1 is 1.73 bits per heavy atom. The van der Waals surface area contributed by atoms with Crippen LogP contribution in [0.4, 0.5) is 0 Å². The second-order valence-electron chi connectivity index (χ2n) is 3.27. The summed E-state index contributed by atoms with van der Waals surface area (Å²) in [7, 11) is 0. The molecular formula is C8H10N4O3. The van der Waals surface area contributed by atoms with E-state index in [1.807, 2.05) is 0 Å². The second kappa shape index (κ2) is 4.07. The Labute approximate surface area is 85.2 Å². The quantitative estimate of drug-likeness (QED) is 0.654. The number of nitrogens with zero attached hydrogens (tertiary/aromatic N) is 2. The summed E-state index contributed by atoms with van der Waals surface area (Å²) >= 11 is 0. The number of carbonyl (C=O) groups excluding carboxylic acids is 2. The lowest BCUT2D eigenvalue weighted by Gasteiger charge is -2.06. The van der Waals surface area contributed by atoms with Gasteiger partial charge in [-0.3, -0.25) is 9.59 Å². The predicted octanol–water partition coefficient (Wildman–Crippen LogP) is -1.18. The molecule has 1 aromatic rings. The molecule has 1 aromatic heterocycles. The van der Waals surface area contributed by atoms with E-state index in [0.29, 0.717) is 12.4 Å². The normalized spacial score (nSPS) is 20.0. The van der Waals surface area contributed by atoms with Crippen molar-refractivity contribution in [3.63, 3.8) is 0 Å². The van der Waals surface area contributed by atoms with Crippen LogP contribution in [0.15, 0.2) is 10.9 Å². The summed E-state index contributed by atoms with van der Waals surface area (Å²) in [6.07, 6.45) is 1.44. The number of amides is 2. The van der Waals surface area contributed by atoms with Crippen LogP contribution >= 0.6 is 0 Å². The molecule has 1 fully saturated rings. The Hall–Kier alpha value is -1.92. The van der Waals surface area contributed by atoms with Crippen molar-refractivity contribution in [3.8, 4) is 0 Å². The van der Waals surface area contributed by atoms with Gasteiger partial charge in [-0.15, -0.1) is 0 Å². The molecule has 0 aromatic carbocycles. The number of carbonyl (C=O) groups is 2. The van der Waals surface area contributed by atoms with Gasteiger partial charge in [0.15, 0.2) is 5.82 Å². The number of rotatable bonds is 3. The fourth-order valence-corrected chi connectivity index (χ4v) is 1.37. The average Bonchev–Trinajstić information content (AvgIpc) is 2.84. The predicted molar refractivity (Wildman–Crippen MR) is 47.3 cm³/mol. The molecule has 7 nitrogen and oxygen atoms in total. The molecule has 2 amide bonds. The van der Waals surface area contributed by atoms with Crippen molar-refractivity contribution in [3.05, 3.63) is 12.2 Å². The zero-order valence-corrected chi connectivity index (χ0v) is 7.90. The summed E-state index contributed by atoms with van der Waals surface area (Å²) in [5, 5.41) is 8.77. The Bertz CT molecular complexity index is 362. The molecule has 15 heavy (non-hydrogen) atoms. The molecule has 1 saturated heterocycles. The van der Waals surface area contributed by atoms with E-state index in [1.54, 1.807) is 0 Å². The lowest BCUT2D eigenvalue weighted by molar-refractivity contribution is -0.126. The minimum absolute atomic E-state index is 0.0882. The first-order valence-electron chi connectivity index (χ1n) is 4.55. The molecule has 0 saturated carbocycles. The average molecular weight is 210 g/mol. The Balaban J connectivity index is 1.80. The summed E-state index contributed by atoms with van der Waals surface area (Å²) < 4.78 is 4.51. The summed E-state index contributed by atoms with van der Waals surface area (Å²) in [5.74, 6) is -0.127. The van der Waals surface area contributed by atoms with E-state index in [0.717, 1.165) is 0 Å².